The molecule has 244 valence electrons. The van der Waals surface area contributed by atoms with E-state index in [9.17, 15) is 8.42 Å². The summed E-state index contributed by atoms with van der Waals surface area (Å²) >= 11 is 0. The van der Waals surface area contributed by atoms with Crippen molar-refractivity contribution in [2.24, 2.45) is 5.92 Å². The van der Waals surface area contributed by atoms with Crippen LogP contribution in [0, 0.1) is 12.8 Å². The van der Waals surface area contributed by atoms with Crippen molar-refractivity contribution >= 4 is 10.1 Å². The first kappa shape index (κ1) is 37.2. The van der Waals surface area contributed by atoms with E-state index in [1.807, 2.05) is 6.92 Å². The number of rotatable bonds is 28. The fourth-order valence-electron chi connectivity index (χ4n) is 5.48. The van der Waals surface area contributed by atoms with Crippen LogP contribution in [0.1, 0.15) is 134 Å². The smallest absolute Gasteiger partial charge is 0.296 e. The van der Waals surface area contributed by atoms with Gasteiger partial charge >= 0.3 is 0 Å². The molecule has 1 aliphatic rings. The average molecular weight is 611 g/mol. The van der Waals surface area contributed by atoms with E-state index in [4.69, 9.17) is 18.4 Å². The van der Waals surface area contributed by atoms with Crippen LogP contribution in [0.3, 0.4) is 0 Å². The zero-order valence-corrected chi connectivity index (χ0v) is 27.8. The van der Waals surface area contributed by atoms with Crippen molar-refractivity contribution in [3.05, 3.63) is 29.8 Å². The minimum atomic E-state index is -3.66. The molecule has 0 amide bonds. The van der Waals surface area contributed by atoms with Crippen molar-refractivity contribution < 1.29 is 26.8 Å². The molecular weight excluding hydrogens is 548 g/mol. The first-order valence-electron chi connectivity index (χ1n) is 17.2. The Labute approximate surface area is 258 Å². The largest absolute Gasteiger partial charge is 0.381 e. The number of unbranched alkanes of at least 4 members (excludes halogenated alkanes) is 16. The second-order valence-electron chi connectivity index (χ2n) is 12.3. The van der Waals surface area contributed by atoms with Gasteiger partial charge < -0.3 is 14.2 Å². The molecule has 1 aliphatic heterocycles. The number of benzene rings is 1. The minimum Gasteiger partial charge on any atom is -0.381 e. The van der Waals surface area contributed by atoms with Gasteiger partial charge in [0, 0.05) is 19.1 Å². The van der Waals surface area contributed by atoms with Crippen LogP contribution >= 0.6 is 0 Å². The molecule has 1 heterocycles. The van der Waals surface area contributed by atoms with Crippen LogP contribution in [0.25, 0.3) is 0 Å². The third kappa shape index (κ3) is 18.6. The van der Waals surface area contributed by atoms with E-state index in [2.05, 4.69) is 6.92 Å². The van der Waals surface area contributed by atoms with E-state index in [1.165, 1.54) is 89.9 Å². The molecule has 0 aromatic heterocycles. The fraction of sp³-hybridized carbons (Fsp3) is 0.829. The number of aryl methyl sites for hydroxylation is 1. The van der Waals surface area contributed by atoms with Crippen LogP contribution in [0.2, 0.25) is 0 Å². The topological polar surface area (TPSA) is 71.1 Å². The number of hydrogen-bond acceptors (Lipinski definition) is 6. The zero-order chi connectivity index (χ0) is 30.1. The quantitative estimate of drug-likeness (QED) is 0.0696. The molecule has 0 N–H and O–H groups in total. The molecule has 0 spiro atoms. The van der Waals surface area contributed by atoms with Gasteiger partial charge in [-0.15, -0.1) is 0 Å². The molecule has 0 saturated carbocycles. The summed E-state index contributed by atoms with van der Waals surface area (Å²) in [5.74, 6) is 0.487. The molecule has 42 heavy (non-hydrogen) atoms. The molecule has 0 bridgehead atoms. The second kappa shape index (κ2) is 24.3. The van der Waals surface area contributed by atoms with Gasteiger partial charge in [-0.05, 0) is 44.7 Å². The zero-order valence-electron chi connectivity index (χ0n) is 27.0. The van der Waals surface area contributed by atoms with Crippen LogP contribution in [-0.4, -0.2) is 54.2 Å². The maximum absolute atomic E-state index is 12.2. The normalized spacial score (nSPS) is 17.3. The lowest BCUT2D eigenvalue weighted by Crippen LogP contribution is -2.15. The molecule has 1 aromatic carbocycles. The lowest BCUT2D eigenvalue weighted by atomic mass is 10.0. The van der Waals surface area contributed by atoms with Crippen molar-refractivity contribution in [3.8, 4) is 0 Å². The number of hydrogen-bond donors (Lipinski definition) is 0. The average Bonchev–Trinajstić information content (AvgIpc) is 3.43. The Morgan fingerprint density at radius 2 is 1.14 bits per heavy atom. The minimum absolute atomic E-state index is 0.181. The number of ether oxygens (including phenoxy) is 3. The summed E-state index contributed by atoms with van der Waals surface area (Å²) in [6.07, 6.45) is 24.1. The van der Waals surface area contributed by atoms with Crippen LogP contribution in [0.4, 0.5) is 0 Å². The summed E-state index contributed by atoms with van der Waals surface area (Å²) in [5, 5.41) is 0. The maximum atomic E-state index is 12.2. The Kier molecular flexibility index (Phi) is 21.6. The standard InChI is InChI=1S/C35H62O6S/c1-3-4-5-6-7-8-9-10-11-12-13-14-15-18-25-38-29-33-28-34(40-30-33)31-39-26-19-16-17-20-27-41-42(36,37)35-23-21-32(2)22-24-35/h21-24,33-34H,3-20,25-31H2,1-2H3/t33-,34-/m0/s1. The second-order valence-corrected chi connectivity index (χ2v) is 13.9. The Morgan fingerprint density at radius 3 is 1.69 bits per heavy atom. The summed E-state index contributed by atoms with van der Waals surface area (Å²) in [6, 6.07) is 6.74. The SMILES string of the molecule is CCCCCCCCCCCCCCCCOC[C@H]1CO[C@H](COCCCCCCOS(=O)(=O)c2ccc(C)cc2)C1. The highest BCUT2D eigenvalue weighted by Gasteiger charge is 2.25. The third-order valence-corrected chi connectivity index (χ3v) is 9.52. The fourth-order valence-corrected chi connectivity index (χ4v) is 6.42. The highest BCUT2D eigenvalue weighted by Crippen LogP contribution is 2.21. The first-order valence-corrected chi connectivity index (χ1v) is 18.6. The molecule has 1 aromatic rings. The Balaban J connectivity index is 1.30. The van der Waals surface area contributed by atoms with E-state index < -0.39 is 10.1 Å². The monoisotopic (exact) mass is 610 g/mol. The van der Waals surface area contributed by atoms with E-state index in [0.29, 0.717) is 19.1 Å². The summed E-state index contributed by atoms with van der Waals surface area (Å²) in [6.45, 7) is 8.24. The first-order chi connectivity index (χ1) is 20.5. The van der Waals surface area contributed by atoms with Gasteiger partial charge in [0.05, 0.1) is 37.4 Å². The van der Waals surface area contributed by atoms with Gasteiger partial charge in [0.1, 0.15) is 0 Å². The van der Waals surface area contributed by atoms with Crippen molar-refractivity contribution in [1.82, 2.24) is 0 Å². The van der Waals surface area contributed by atoms with Crippen LogP contribution < -0.4 is 0 Å². The molecule has 2 atom stereocenters. The Bertz CT molecular complexity index is 857. The van der Waals surface area contributed by atoms with Crippen molar-refractivity contribution in [2.45, 2.75) is 147 Å². The van der Waals surface area contributed by atoms with Gasteiger partial charge in [-0.3, -0.25) is 4.18 Å². The van der Waals surface area contributed by atoms with Gasteiger partial charge in [-0.25, -0.2) is 0 Å². The lowest BCUT2D eigenvalue weighted by Gasteiger charge is -2.11. The van der Waals surface area contributed by atoms with Gasteiger partial charge in [0.25, 0.3) is 10.1 Å². The van der Waals surface area contributed by atoms with Gasteiger partial charge in [-0.2, -0.15) is 8.42 Å². The van der Waals surface area contributed by atoms with E-state index >= 15 is 0 Å². The van der Waals surface area contributed by atoms with Crippen molar-refractivity contribution in [2.75, 3.05) is 39.6 Å². The highest BCUT2D eigenvalue weighted by molar-refractivity contribution is 7.86. The molecule has 0 radical (unpaired) electrons. The molecule has 6 nitrogen and oxygen atoms in total. The Hall–Kier alpha value is -0.990. The predicted octanol–water partition coefficient (Wildman–Crippen LogP) is 9.18. The van der Waals surface area contributed by atoms with Gasteiger partial charge in [-0.1, -0.05) is 121 Å². The molecule has 1 fully saturated rings. The summed E-state index contributed by atoms with van der Waals surface area (Å²) in [4.78, 5) is 0.217. The molecule has 1 saturated heterocycles. The van der Waals surface area contributed by atoms with Crippen LogP contribution in [-0.2, 0) is 28.5 Å². The van der Waals surface area contributed by atoms with Crippen molar-refractivity contribution in [1.29, 1.82) is 0 Å². The molecule has 0 unspecified atom stereocenters. The molecule has 7 heteroatoms. The molecular formula is C35H62O6S. The van der Waals surface area contributed by atoms with Crippen LogP contribution in [0.15, 0.2) is 29.2 Å². The predicted molar refractivity (Wildman–Crippen MR) is 173 cm³/mol. The maximum Gasteiger partial charge on any atom is 0.296 e. The summed E-state index contributed by atoms with van der Waals surface area (Å²) in [5.41, 5.74) is 1.02. The van der Waals surface area contributed by atoms with Crippen LogP contribution in [0.5, 0.6) is 0 Å². The van der Waals surface area contributed by atoms with E-state index in [0.717, 1.165) is 57.5 Å². The highest BCUT2D eigenvalue weighted by atomic mass is 32.2. The molecule has 0 aliphatic carbocycles. The Morgan fingerprint density at radius 1 is 0.667 bits per heavy atom. The van der Waals surface area contributed by atoms with Gasteiger partial charge in [0.2, 0.25) is 0 Å². The third-order valence-electron chi connectivity index (χ3n) is 8.19. The van der Waals surface area contributed by atoms with Crippen molar-refractivity contribution in [3.63, 3.8) is 0 Å². The van der Waals surface area contributed by atoms with Gasteiger partial charge in [0.15, 0.2) is 0 Å². The lowest BCUT2D eigenvalue weighted by molar-refractivity contribution is 0.0140. The van der Waals surface area contributed by atoms with E-state index in [1.54, 1.807) is 24.3 Å². The summed E-state index contributed by atoms with van der Waals surface area (Å²) < 4.78 is 47.2. The van der Waals surface area contributed by atoms with E-state index in [-0.39, 0.29) is 17.6 Å². The molecule has 2 rings (SSSR count). The summed E-state index contributed by atoms with van der Waals surface area (Å²) in [7, 11) is -3.66.